The summed E-state index contributed by atoms with van der Waals surface area (Å²) in [5, 5.41) is 2.89. The number of carbonyl (C=O) groups excluding carboxylic acids is 2. The van der Waals surface area contributed by atoms with Crippen LogP contribution < -0.4 is 5.32 Å². The summed E-state index contributed by atoms with van der Waals surface area (Å²) in [7, 11) is 0. The number of benzene rings is 2. The Morgan fingerprint density at radius 3 is 2.42 bits per heavy atom. The predicted molar refractivity (Wildman–Crippen MR) is 98.8 cm³/mol. The normalized spacial score (nSPS) is 14.9. The maximum absolute atomic E-state index is 13.7. The van der Waals surface area contributed by atoms with Crippen molar-refractivity contribution in [3.63, 3.8) is 0 Å². The molecule has 0 spiro atoms. The number of piperazine rings is 1. The van der Waals surface area contributed by atoms with Gasteiger partial charge in [0.2, 0.25) is 5.91 Å². The number of hydrogen-bond donors (Lipinski definition) is 1. The number of rotatable bonds is 4. The maximum Gasteiger partial charge on any atom is 0.253 e. The van der Waals surface area contributed by atoms with Gasteiger partial charge >= 0.3 is 0 Å². The number of nitrogens with one attached hydrogen (secondary N) is 1. The summed E-state index contributed by atoms with van der Waals surface area (Å²) in [5.74, 6) is -0.842. The molecule has 1 aliphatic heterocycles. The first kappa shape index (κ1) is 18.4. The second kappa shape index (κ2) is 8.29. The van der Waals surface area contributed by atoms with E-state index in [-0.39, 0.29) is 24.0 Å². The highest BCUT2D eigenvalue weighted by molar-refractivity contribution is 6.30. The zero-order valence-electron chi connectivity index (χ0n) is 14.1. The monoisotopic (exact) mass is 375 g/mol. The van der Waals surface area contributed by atoms with Crippen LogP contribution in [0.1, 0.15) is 10.4 Å². The molecule has 0 aromatic heterocycles. The topological polar surface area (TPSA) is 52.7 Å². The largest absolute Gasteiger partial charge is 0.336 e. The fourth-order valence-corrected chi connectivity index (χ4v) is 3.03. The fraction of sp³-hybridized carbons (Fsp3) is 0.263. The molecule has 0 saturated carbocycles. The molecule has 0 atom stereocenters. The quantitative estimate of drug-likeness (QED) is 0.894. The minimum Gasteiger partial charge on any atom is -0.336 e. The van der Waals surface area contributed by atoms with Crippen LogP contribution in [-0.4, -0.2) is 54.3 Å². The summed E-state index contributed by atoms with van der Waals surface area (Å²) in [6.07, 6.45) is 0. The Bertz CT molecular complexity index is 793. The van der Waals surface area contributed by atoms with Gasteiger partial charge in [-0.3, -0.25) is 14.5 Å². The van der Waals surface area contributed by atoms with Gasteiger partial charge in [0.25, 0.3) is 5.91 Å². The van der Waals surface area contributed by atoms with Crippen molar-refractivity contribution in [1.82, 2.24) is 9.80 Å². The van der Waals surface area contributed by atoms with E-state index in [1.54, 1.807) is 17.0 Å². The molecule has 2 aromatic carbocycles. The molecule has 2 amide bonds. The standard InChI is InChI=1S/C19H19ClFN3O2/c20-15-6-7-16(21)17(12-15)22-18(25)13-23-8-10-24(11-9-23)19(26)14-4-2-1-3-5-14/h1-7,12H,8-11,13H2,(H,22,25). The SMILES string of the molecule is O=C(CN1CCN(C(=O)c2ccccc2)CC1)Nc1cc(Cl)ccc1F. The highest BCUT2D eigenvalue weighted by Crippen LogP contribution is 2.19. The number of nitrogens with zero attached hydrogens (tertiary/aromatic N) is 2. The fourth-order valence-electron chi connectivity index (χ4n) is 2.86. The van der Waals surface area contributed by atoms with E-state index in [1.165, 1.54) is 18.2 Å². The van der Waals surface area contributed by atoms with E-state index in [1.807, 2.05) is 23.1 Å². The van der Waals surface area contributed by atoms with Gasteiger partial charge in [0, 0.05) is 36.8 Å². The van der Waals surface area contributed by atoms with E-state index in [9.17, 15) is 14.0 Å². The molecule has 1 saturated heterocycles. The van der Waals surface area contributed by atoms with Crippen molar-refractivity contribution in [1.29, 1.82) is 0 Å². The van der Waals surface area contributed by atoms with Gasteiger partial charge in [-0.25, -0.2) is 4.39 Å². The van der Waals surface area contributed by atoms with Crippen LogP contribution in [0.2, 0.25) is 5.02 Å². The van der Waals surface area contributed by atoms with Gasteiger partial charge in [0.15, 0.2) is 0 Å². The molecule has 0 aliphatic carbocycles. The Kier molecular flexibility index (Phi) is 5.85. The summed E-state index contributed by atoms with van der Waals surface area (Å²) < 4.78 is 13.7. The van der Waals surface area contributed by atoms with Crippen molar-refractivity contribution in [3.8, 4) is 0 Å². The van der Waals surface area contributed by atoms with Crippen LogP contribution in [0.5, 0.6) is 0 Å². The van der Waals surface area contributed by atoms with Crippen molar-refractivity contribution in [3.05, 3.63) is 64.9 Å². The van der Waals surface area contributed by atoms with Crippen molar-refractivity contribution in [2.75, 3.05) is 38.0 Å². The summed E-state index contributed by atoms with van der Waals surface area (Å²) in [6, 6.07) is 13.2. The zero-order chi connectivity index (χ0) is 18.5. The van der Waals surface area contributed by atoms with Crippen LogP contribution >= 0.6 is 11.6 Å². The molecule has 26 heavy (non-hydrogen) atoms. The van der Waals surface area contributed by atoms with Crippen LogP contribution in [0.3, 0.4) is 0 Å². The lowest BCUT2D eigenvalue weighted by Gasteiger charge is -2.34. The van der Waals surface area contributed by atoms with Crippen molar-refractivity contribution in [2.45, 2.75) is 0 Å². The van der Waals surface area contributed by atoms with Gasteiger partial charge in [-0.2, -0.15) is 0 Å². The van der Waals surface area contributed by atoms with Gasteiger partial charge in [-0.1, -0.05) is 29.8 Å². The number of carbonyl (C=O) groups is 2. The second-order valence-corrected chi connectivity index (χ2v) is 6.54. The lowest BCUT2D eigenvalue weighted by Crippen LogP contribution is -2.50. The Labute approximate surface area is 156 Å². The smallest absolute Gasteiger partial charge is 0.253 e. The Balaban J connectivity index is 1.50. The molecule has 7 heteroatoms. The number of amides is 2. The first-order valence-electron chi connectivity index (χ1n) is 8.34. The van der Waals surface area contributed by atoms with Gasteiger partial charge in [-0.05, 0) is 30.3 Å². The van der Waals surface area contributed by atoms with Crippen LogP contribution in [0.4, 0.5) is 10.1 Å². The van der Waals surface area contributed by atoms with Crippen LogP contribution in [0.15, 0.2) is 48.5 Å². The van der Waals surface area contributed by atoms with Gasteiger partial charge in [0.1, 0.15) is 5.82 Å². The molecule has 0 radical (unpaired) electrons. The molecular weight excluding hydrogens is 357 g/mol. The van der Waals surface area contributed by atoms with E-state index >= 15 is 0 Å². The van der Waals surface area contributed by atoms with E-state index < -0.39 is 5.82 Å². The minimum absolute atomic E-state index is 0.00398. The lowest BCUT2D eigenvalue weighted by atomic mass is 10.2. The van der Waals surface area contributed by atoms with Crippen LogP contribution in [0.25, 0.3) is 0 Å². The van der Waals surface area contributed by atoms with Gasteiger partial charge < -0.3 is 10.2 Å². The predicted octanol–water partition coefficient (Wildman–Crippen LogP) is 2.88. The first-order valence-corrected chi connectivity index (χ1v) is 8.72. The highest BCUT2D eigenvalue weighted by atomic mass is 35.5. The number of halogens is 2. The van der Waals surface area contributed by atoms with E-state index in [4.69, 9.17) is 11.6 Å². The summed E-state index contributed by atoms with van der Waals surface area (Å²) in [6.45, 7) is 2.41. The zero-order valence-corrected chi connectivity index (χ0v) is 14.9. The Morgan fingerprint density at radius 2 is 1.73 bits per heavy atom. The number of hydrogen-bond acceptors (Lipinski definition) is 3. The van der Waals surface area contributed by atoms with Crippen molar-refractivity contribution in [2.24, 2.45) is 0 Å². The third-order valence-electron chi connectivity index (χ3n) is 4.25. The summed E-state index contributed by atoms with van der Waals surface area (Å²) in [4.78, 5) is 28.3. The molecule has 5 nitrogen and oxygen atoms in total. The van der Waals surface area contributed by atoms with E-state index in [0.29, 0.717) is 36.8 Å². The molecule has 1 fully saturated rings. The molecule has 1 aliphatic rings. The molecule has 2 aromatic rings. The molecule has 136 valence electrons. The van der Waals surface area contributed by atoms with E-state index in [0.717, 1.165) is 0 Å². The average Bonchev–Trinajstić information content (AvgIpc) is 2.65. The molecule has 3 rings (SSSR count). The van der Waals surface area contributed by atoms with E-state index in [2.05, 4.69) is 5.32 Å². The molecular formula is C19H19ClFN3O2. The average molecular weight is 376 g/mol. The van der Waals surface area contributed by atoms with Gasteiger partial charge in [-0.15, -0.1) is 0 Å². The Morgan fingerprint density at radius 1 is 1.04 bits per heavy atom. The van der Waals surface area contributed by atoms with Gasteiger partial charge in [0.05, 0.1) is 12.2 Å². The molecule has 0 unspecified atom stereocenters. The molecule has 1 heterocycles. The minimum atomic E-state index is -0.527. The second-order valence-electron chi connectivity index (χ2n) is 6.11. The highest BCUT2D eigenvalue weighted by Gasteiger charge is 2.23. The first-order chi connectivity index (χ1) is 12.5. The molecule has 1 N–H and O–H groups in total. The summed E-state index contributed by atoms with van der Waals surface area (Å²) >= 11 is 5.82. The maximum atomic E-state index is 13.7. The van der Waals surface area contributed by atoms with Crippen LogP contribution in [-0.2, 0) is 4.79 Å². The van der Waals surface area contributed by atoms with Crippen molar-refractivity contribution >= 4 is 29.1 Å². The summed E-state index contributed by atoms with van der Waals surface area (Å²) in [5.41, 5.74) is 0.732. The third kappa shape index (κ3) is 4.59. The third-order valence-corrected chi connectivity index (χ3v) is 4.49. The lowest BCUT2D eigenvalue weighted by molar-refractivity contribution is -0.117. The Hall–Kier alpha value is -2.44. The molecule has 0 bridgehead atoms. The number of anilines is 1. The van der Waals surface area contributed by atoms with Crippen LogP contribution in [0, 0.1) is 5.82 Å². The van der Waals surface area contributed by atoms with Crippen molar-refractivity contribution < 1.29 is 14.0 Å².